The summed E-state index contributed by atoms with van der Waals surface area (Å²) < 4.78 is 12.0. The van der Waals surface area contributed by atoms with Crippen molar-refractivity contribution in [3.05, 3.63) is 72.1 Å². The highest BCUT2D eigenvalue weighted by Gasteiger charge is 2.07. The number of aryl methyl sites for hydroxylation is 1. The third-order valence-electron chi connectivity index (χ3n) is 4.94. The molecule has 1 heterocycles. The molecule has 0 aliphatic heterocycles. The van der Waals surface area contributed by atoms with Gasteiger partial charge in [-0.1, -0.05) is 51.8 Å². The molecule has 4 heteroatoms. The van der Waals surface area contributed by atoms with Gasteiger partial charge in [-0.25, -0.2) is 9.97 Å². The Kier molecular flexibility index (Phi) is 7.62. The minimum atomic E-state index is 0.470. The fraction of sp³-hybridized carbons (Fsp3) is 0.360. The number of hydrogen-bond donors (Lipinski definition) is 0. The first-order valence-corrected chi connectivity index (χ1v) is 10.4. The Morgan fingerprint density at radius 3 is 2.31 bits per heavy atom. The Bertz CT molecular complexity index is 876. The average Bonchev–Trinajstić information content (AvgIpc) is 2.77. The lowest BCUT2D eigenvalue weighted by molar-refractivity contribution is 0.243. The van der Waals surface area contributed by atoms with Crippen molar-refractivity contribution < 1.29 is 9.47 Å². The first kappa shape index (κ1) is 20.8. The van der Waals surface area contributed by atoms with Crippen LogP contribution in [0.25, 0.3) is 11.4 Å². The molecule has 3 aromatic rings. The maximum atomic E-state index is 5.99. The molecule has 0 N–H and O–H groups in total. The van der Waals surface area contributed by atoms with Gasteiger partial charge in [-0.05, 0) is 48.2 Å². The number of para-hydroxylation sites is 1. The lowest BCUT2D eigenvalue weighted by Crippen LogP contribution is -2.09. The van der Waals surface area contributed by atoms with Crippen molar-refractivity contribution in [1.82, 2.24) is 9.97 Å². The highest BCUT2D eigenvalue weighted by atomic mass is 16.5. The van der Waals surface area contributed by atoms with E-state index in [1.165, 1.54) is 5.56 Å². The van der Waals surface area contributed by atoms with E-state index in [1.807, 2.05) is 60.9 Å². The molecule has 0 aliphatic carbocycles. The predicted octanol–water partition coefficient (Wildman–Crippen LogP) is 6.10. The third-order valence-corrected chi connectivity index (χ3v) is 4.94. The van der Waals surface area contributed by atoms with Crippen molar-refractivity contribution >= 4 is 0 Å². The molecule has 0 bridgehead atoms. The van der Waals surface area contributed by atoms with E-state index >= 15 is 0 Å². The van der Waals surface area contributed by atoms with Crippen LogP contribution in [-0.4, -0.2) is 16.6 Å². The van der Waals surface area contributed by atoms with E-state index < -0.39 is 0 Å². The minimum Gasteiger partial charge on any atom is -0.493 e. The molecule has 0 amide bonds. The van der Waals surface area contributed by atoms with Gasteiger partial charge >= 0.3 is 0 Å². The van der Waals surface area contributed by atoms with Gasteiger partial charge in [0.2, 0.25) is 0 Å². The number of hydrogen-bond acceptors (Lipinski definition) is 4. The molecule has 0 fully saturated rings. The molecule has 1 aromatic heterocycles. The molecule has 29 heavy (non-hydrogen) atoms. The Morgan fingerprint density at radius 1 is 0.897 bits per heavy atom. The number of benzene rings is 2. The lowest BCUT2D eigenvalue weighted by atomic mass is 10.1. The SMILES string of the molecule is CCCc1cnc(-c2ccc(OCc3ccccc3OCC(C)CC)cc2)nc1. The summed E-state index contributed by atoms with van der Waals surface area (Å²) in [5.74, 6) is 2.98. The van der Waals surface area contributed by atoms with Crippen molar-refractivity contribution in [2.45, 2.75) is 46.6 Å². The summed E-state index contributed by atoms with van der Waals surface area (Å²) in [6, 6.07) is 16.0. The summed E-state index contributed by atoms with van der Waals surface area (Å²) in [7, 11) is 0. The fourth-order valence-electron chi connectivity index (χ4n) is 2.90. The second kappa shape index (κ2) is 10.6. The smallest absolute Gasteiger partial charge is 0.159 e. The van der Waals surface area contributed by atoms with Crippen LogP contribution < -0.4 is 9.47 Å². The topological polar surface area (TPSA) is 44.2 Å². The van der Waals surface area contributed by atoms with E-state index in [-0.39, 0.29) is 0 Å². The van der Waals surface area contributed by atoms with E-state index in [4.69, 9.17) is 9.47 Å². The van der Waals surface area contributed by atoms with Gasteiger partial charge in [0.25, 0.3) is 0 Å². The van der Waals surface area contributed by atoms with Gasteiger partial charge in [0.1, 0.15) is 18.1 Å². The molecule has 3 rings (SSSR count). The lowest BCUT2D eigenvalue weighted by Gasteiger charge is -2.15. The zero-order valence-corrected chi connectivity index (χ0v) is 17.6. The molecule has 0 spiro atoms. The standard InChI is InChI=1S/C25H30N2O2/c1-4-8-20-15-26-25(27-16-20)21-11-13-23(14-12-21)28-18-22-9-6-7-10-24(22)29-17-19(3)5-2/h6-7,9-16,19H,4-5,8,17-18H2,1-3H3. The Morgan fingerprint density at radius 2 is 1.62 bits per heavy atom. The van der Waals surface area contributed by atoms with Crippen molar-refractivity contribution in [2.24, 2.45) is 5.92 Å². The van der Waals surface area contributed by atoms with Crippen LogP contribution >= 0.6 is 0 Å². The van der Waals surface area contributed by atoms with Crippen LogP contribution in [0, 0.1) is 5.92 Å². The quantitative estimate of drug-likeness (QED) is 0.419. The van der Waals surface area contributed by atoms with E-state index in [0.717, 1.165) is 54.3 Å². The van der Waals surface area contributed by atoms with E-state index in [2.05, 4.69) is 30.7 Å². The molecule has 2 aromatic carbocycles. The van der Waals surface area contributed by atoms with Crippen LogP contribution in [0.15, 0.2) is 60.9 Å². The predicted molar refractivity (Wildman–Crippen MR) is 117 cm³/mol. The number of rotatable bonds is 10. The van der Waals surface area contributed by atoms with Crippen LogP contribution in [0.2, 0.25) is 0 Å². The molecule has 0 radical (unpaired) electrons. The van der Waals surface area contributed by atoms with Crippen LogP contribution in [-0.2, 0) is 13.0 Å². The van der Waals surface area contributed by atoms with Crippen LogP contribution in [0.1, 0.15) is 44.7 Å². The monoisotopic (exact) mass is 390 g/mol. The largest absolute Gasteiger partial charge is 0.493 e. The number of ether oxygens (including phenoxy) is 2. The highest BCUT2D eigenvalue weighted by Crippen LogP contribution is 2.23. The van der Waals surface area contributed by atoms with Crippen molar-refractivity contribution in [3.63, 3.8) is 0 Å². The highest BCUT2D eigenvalue weighted by molar-refractivity contribution is 5.56. The van der Waals surface area contributed by atoms with Crippen LogP contribution in [0.4, 0.5) is 0 Å². The van der Waals surface area contributed by atoms with Gasteiger partial charge in [0.05, 0.1) is 6.61 Å². The summed E-state index contributed by atoms with van der Waals surface area (Å²) in [4.78, 5) is 8.95. The van der Waals surface area contributed by atoms with Gasteiger partial charge in [0, 0.05) is 23.5 Å². The zero-order valence-electron chi connectivity index (χ0n) is 17.6. The molecule has 4 nitrogen and oxygen atoms in total. The maximum Gasteiger partial charge on any atom is 0.159 e. The van der Waals surface area contributed by atoms with Crippen molar-refractivity contribution in [3.8, 4) is 22.9 Å². The molecule has 1 atom stereocenters. The normalized spacial score (nSPS) is 11.8. The molecule has 0 saturated heterocycles. The molecular formula is C25H30N2O2. The van der Waals surface area contributed by atoms with E-state index in [9.17, 15) is 0 Å². The van der Waals surface area contributed by atoms with Gasteiger partial charge in [-0.15, -0.1) is 0 Å². The molecule has 0 saturated carbocycles. The van der Waals surface area contributed by atoms with Gasteiger partial charge < -0.3 is 9.47 Å². The Labute approximate surface area is 173 Å². The Balaban J connectivity index is 1.61. The van der Waals surface area contributed by atoms with E-state index in [1.54, 1.807) is 0 Å². The molecule has 1 unspecified atom stereocenters. The summed E-state index contributed by atoms with van der Waals surface area (Å²) in [5.41, 5.74) is 3.21. The summed E-state index contributed by atoms with van der Waals surface area (Å²) in [6.45, 7) is 7.72. The van der Waals surface area contributed by atoms with E-state index in [0.29, 0.717) is 12.5 Å². The average molecular weight is 391 g/mol. The molecular weight excluding hydrogens is 360 g/mol. The second-order valence-corrected chi connectivity index (χ2v) is 7.41. The van der Waals surface area contributed by atoms with Gasteiger partial charge in [0.15, 0.2) is 5.82 Å². The third kappa shape index (κ3) is 6.05. The maximum absolute atomic E-state index is 5.99. The van der Waals surface area contributed by atoms with Crippen LogP contribution in [0.5, 0.6) is 11.5 Å². The van der Waals surface area contributed by atoms with Gasteiger partial charge in [-0.3, -0.25) is 0 Å². The van der Waals surface area contributed by atoms with Crippen molar-refractivity contribution in [1.29, 1.82) is 0 Å². The molecule has 152 valence electrons. The first-order valence-electron chi connectivity index (χ1n) is 10.4. The second-order valence-electron chi connectivity index (χ2n) is 7.41. The molecule has 0 aliphatic rings. The fourth-order valence-corrected chi connectivity index (χ4v) is 2.90. The van der Waals surface area contributed by atoms with Gasteiger partial charge in [-0.2, -0.15) is 0 Å². The zero-order chi connectivity index (χ0) is 20.5. The summed E-state index contributed by atoms with van der Waals surface area (Å²) in [6.07, 6.45) is 7.03. The minimum absolute atomic E-state index is 0.470. The van der Waals surface area contributed by atoms with Crippen molar-refractivity contribution in [2.75, 3.05) is 6.61 Å². The number of nitrogens with zero attached hydrogens (tertiary/aromatic N) is 2. The Hall–Kier alpha value is -2.88. The number of aromatic nitrogens is 2. The first-order chi connectivity index (χ1) is 14.2. The summed E-state index contributed by atoms with van der Waals surface area (Å²) in [5, 5.41) is 0. The summed E-state index contributed by atoms with van der Waals surface area (Å²) >= 11 is 0. The van der Waals surface area contributed by atoms with Crippen LogP contribution in [0.3, 0.4) is 0 Å².